The third kappa shape index (κ3) is 6.55. The first-order valence-electron chi connectivity index (χ1n) is 17.0. The molecule has 0 N–H and O–H groups in total. The van der Waals surface area contributed by atoms with Gasteiger partial charge in [0.15, 0.2) is 0 Å². The van der Waals surface area contributed by atoms with Crippen LogP contribution in [0.5, 0.6) is 0 Å². The van der Waals surface area contributed by atoms with Crippen molar-refractivity contribution in [1.29, 1.82) is 0 Å². The summed E-state index contributed by atoms with van der Waals surface area (Å²) in [4.78, 5) is 1.27. The monoisotopic (exact) mass is 562 g/mol. The average Bonchev–Trinajstić information content (AvgIpc) is 3.71. The second-order valence-corrected chi connectivity index (χ2v) is 14.8. The Kier molecular flexibility index (Phi) is 11.5. The first-order chi connectivity index (χ1) is 19.0. The zero-order chi connectivity index (χ0) is 29.7. The van der Waals surface area contributed by atoms with Gasteiger partial charge in [-0.2, -0.15) is 0 Å². The molecule has 0 nitrogen and oxygen atoms in total. The predicted octanol–water partition coefficient (Wildman–Crippen LogP) is 12.6. The molecule has 4 rings (SSSR count). The fraction of sp³-hybridized carbons (Fsp3) is 0.718. The van der Waals surface area contributed by atoms with Crippen LogP contribution in [-0.4, -0.2) is 4.86 Å². The molecule has 6 atom stereocenters. The Hall–Kier alpha value is -1.21. The molecule has 0 amide bonds. The van der Waals surface area contributed by atoms with E-state index in [1.165, 1.54) is 93.1 Å². The molecule has 224 valence electrons. The van der Waals surface area contributed by atoms with Gasteiger partial charge in [-0.05, 0) is 111 Å². The van der Waals surface area contributed by atoms with Crippen LogP contribution in [0.25, 0.3) is 0 Å². The molecule has 4 aliphatic rings. The zero-order valence-electron chi connectivity index (χ0n) is 27.6. The van der Waals surface area contributed by atoms with Crippen molar-refractivity contribution in [3.63, 3.8) is 0 Å². The minimum absolute atomic E-state index is 0.136. The van der Waals surface area contributed by atoms with Crippen LogP contribution in [0.15, 0.2) is 59.8 Å². The molecule has 0 spiro atoms. The maximum Gasteiger partial charge on any atom is 0.0261 e. The van der Waals surface area contributed by atoms with Gasteiger partial charge in [0.05, 0.1) is 0 Å². The lowest BCUT2D eigenvalue weighted by Gasteiger charge is -2.50. The fourth-order valence-electron chi connectivity index (χ4n) is 8.57. The Morgan fingerprint density at radius 1 is 1.02 bits per heavy atom. The predicted molar refractivity (Wildman–Crippen MR) is 183 cm³/mol. The SMILES string of the molecule is C=C1C(C)CC(=C/C=C2\CCCC3(C)[C@H]2CCC3(C)[C@H](C)/C=C/C(=C)C2(C(=S)CCCCC)CC2)C[C@H]1C.CC. The van der Waals surface area contributed by atoms with Gasteiger partial charge in [-0.25, -0.2) is 0 Å². The second-order valence-electron chi connectivity index (χ2n) is 14.3. The summed E-state index contributed by atoms with van der Waals surface area (Å²) in [6.45, 7) is 27.6. The molecule has 40 heavy (non-hydrogen) atoms. The van der Waals surface area contributed by atoms with Crippen molar-refractivity contribution in [3.05, 3.63) is 59.8 Å². The van der Waals surface area contributed by atoms with Crippen molar-refractivity contribution < 1.29 is 0 Å². The number of thiocarbonyl (C=S) groups is 1. The highest BCUT2D eigenvalue weighted by Crippen LogP contribution is 2.66. The Bertz CT molecular complexity index is 999. The molecule has 4 aliphatic carbocycles. The summed E-state index contributed by atoms with van der Waals surface area (Å²) < 4.78 is 0. The Morgan fingerprint density at radius 2 is 1.68 bits per heavy atom. The molecule has 4 fully saturated rings. The third-order valence-electron chi connectivity index (χ3n) is 12.1. The van der Waals surface area contributed by atoms with Crippen LogP contribution < -0.4 is 0 Å². The van der Waals surface area contributed by atoms with E-state index in [4.69, 9.17) is 12.2 Å². The minimum atomic E-state index is 0.136. The van der Waals surface area contributed by atoms with E-state index < -0.39 is 0 Å². The molecule has 0 bridgehead atoms. The molecule has 1 heteroatoms. The average molecular weight is 563 g/mol. The summed E-state index contributed by atoms with van der Waals surface area (Å²) in [5.41, 5.74) is 6.92. The maximum absolute atomic E-state index is 5.94. The molecular formula is C39H62S. The van der Waals surface area contributed by atoms with E-state index >= 15 is 0 Å². The summed E-state index contributed by atoms with van der Waals surface area (Å²) in [5.74, 6) is 2.52. The minimum Gasteiger partial charge on any atom is -0.0993 e. The van der Waals surface area contributed by atoms with Crippen LogP contribution in [0.3, 0.4) is 0 Å². The van der Waals surface area contributed by atoms with Crippen LogP contribution in [-0.2, 0) is 0 Å². The molecule has 0 radical (unpaired) electrons. The number of hydrogen-bond acceptors (Lipinski definition) is 1. The number of rotatable bonds is 10. The highest BCUT2D eigenvalue weighted by atomic mass is 32.1. The molecule has 0 heterocycles. The lowest BCUT2D eigenvalue weighted by molar-refractivity contribution is 0.0223. The van der Waals surface area contributed by atoms with Crippen molar-refractivity contribution in [2.45, 2.75) is 139 Å². The smallest absolute Gasteiger partial charge is 0.0261 e. The topological polar surface area (TPSA) is 0 Å². The highest BCUT2D eigenvalue weighted by Gasteiger charge is 2.57. The van der Waals surface area contributed by atoms with Gasteiger partial charge in [0.2, 0.25) is 0 Å². The van der Waals surface area contributed by atoms with E-state index in [2.05, 4.69) is 79.0 Å². The van der Waals surface area contributed by atoms with E-state index in [1.54, 1.807) is 11.1 Å². The number of unbranched alkanes of at least 4 members (excludes halogenated alkanes) is 2. The van der Waals surface area contributed by atoms with Crippen LogP contribution >= 0.6 is 12.2 Å². The van der Waals surface area contributed by atoms with Crippen molar-refractivity contribution in [2.75, 3.05) is 0 Å². The molecule has 0 saturated heterocycles. The standard InChI is InChI=1S/C37H56S.C2H6/c1-9-10-11-14-34(38)37(22-23-37)29(5)16-15-28(4)35(7)21-19-33-32(13-12-20-36(33,35)8)18-17-31-24-26(2)30(6)27(3)25-31;1-2/h15-18,26-28,33H,5-6,9-14,19-25H2,1-4,7-8H3;1-2H3/b16-15+,31-17?,32-18+;/t26-,27?,28-,33+,35?,36?;/m1./s1. The van der Waals surface area contributed by atoms with Crippen LogP contribution in [0.4, 0.5) is 0 Å². The van der Waals surface area contributed by atoms with Gasteiger partial charge in [0.25, 0.3) is 0 Å². The van der Waals surface area contributed by atoms with E-state index in [0.29, 0.717) is 28.6 Å². The largest absolute Gasteiger partial charge is 0.0993 e. The van der Waals surface area contributed by atoms with Gasteiger partial charge in [-0.3, -0.25) is 0 Å². The number of fused-ring (bicyclic) bond motifs is 1. The lowest BCUT2D eigenvalue weighted by atomic mass is 9.54. The molecule has 0 aliphatic heterocycles. The maximum atomic E-state index is 5.94. The van der Waals surface area contributed by atoms with Gasteiger partial charge in [0, 0.05) is 10.3 Å². The first kappa shape index (κ1) is 33.3. The molecule has 3 unspecified atom stereocenters. The number of hydrogen-bond donors (Lipinski definition) is 0. The quantitative estimate of drug-likeness (QED) is 0.110. The van der Waals surface area contributed by atoms with Gasteiger partial charge in [0.1, 0.15) is 0 Å². The van der Waals surface area contributed by atoms with Crippen LogP contribution in [0.2, 0.25) is 0 Å². The summed E-state index contributed by atoms with van der Waals surface area (Å²) in [5, 5.41) is 0. The van der Waals surface area contributed by atoms with Crippen molar-refractivity contribution >= 4 is 17.1 Å². The van der Waals surface area contributed by atoms with Gasteiger partial charge in [-0.1, -0.05) is 135 Å². The molecule has 4 saturated carbocycles. The second kappa shape index (κ2) is 13.8. The molecule has 0 aromatic rings. The zero-order valence-corrected chi connectivity index (χ0v) is 28.5. The Balaban J connectivity index is 0.00000216. The van der Waals surface area contributed by atoms with Gasteiger partial charge < -0.3 is 0 Å². The van der Waals surface area contributed by atoms with E-state index in [-0.39, 0.29) is 5.41 Å². The van der Waals surface area contributed by atoms with Gasteiger partial charge in [-0.15, -0.1) is 0 Å². The summed E-state index contributed by atoms with van der Waals surface area (Å²) in [6.07, 6.45) is 26.3. The van der Waals surface area contributed by atoms with E-state index in [9.17, 15) is 0 Å². The van der Waals surface area contributed by atoms with Crippen LogP contribution in [0, 0.1) is 39.9 Å². The first-order valence-corrected chi connectivity index (χ1v) is 17.4. The van der Waals surface area contributed by atoms with Gasteiger partial charge >= 0.3 is 0 Å². The Morgan fingerprint density at radius 3 is 2.27 bits per heavy atom. The normalized spacial score (nSPS) is 35.8. The molecule has 0 aromatic carbocycles. The van der Waals surface area contributed by atoms with Crippen molar-refractivity contribution in [1.82, 2.24) is 0 Å². The summed E-state index contributed by atoms with van der Waals surface area (Å²) in [7, 11) is 0. The van der Waals surface area contributed by atoms with Crippen LogP contribution in [0.1, 0.15) is 139 Å². The lowest BCUT2D eigenvalue weighted by Crippen LogP contribution is -2.43. The third-order valence-corrected chi connectivity index (χ3v) is 12.7. The van der Waals surface area contributed by atoms with E-state index in [1.807, 2.05) is 13.8 Å². The van der Waals surface area contributed by atoms with E-state index in [0.717, 1.165) is 12.3 Å². The summed E-state index contributed by atoms with van der Waals surface area (Å²) in [6, 6.07) is 0. The van der Waals surface area contributed by atoms with Crippen molar-refractivity contribution in [3.8, 4) is 0 Å². The molecule has 0 aromatic heterocycles. The fourth-order valence-corrected chi connectivity index (χ4v) is 9.05. The Labute approximate surface area is 255 Å². The van der Waals surface area contributed by atoms with Crippen molar-refractivity contribution in [2.24, 2.45) is 39.9 Å². The number of allylic oxidation sites excluding steroid dienone is 8. The highest BCUT2D eigenvalue weighted by molar-refractivity contribution is 7.80. The molecular weight excluding hydrogens is 500 g/mol. The summed E-state index contributed by atoms with van der Waals surface area (Å²) >= 11 is 5.94.